The highest BCUT2D eigenvalue weighted by molar-refractivity contribution is 5.70. The van der Waals surface area contributed by atoms with E-state index in [4.69, 9.17) is 4.74 Å². The van der Waals surface area contributed by atoms with Crippen LogP contribution in [0.1, 0.15) is 202 Å². The minimum atomic E-state index is -0.621. The van der Waals surface area contributed by atoms with E-state index >= 15 is 0 Å². The van der Waals surface area contributed by atoms with Gasteiger partial charge in [-0.1, -0.05) is 131 Å². The highest BCUT2D eigenvalue weighted by Crippen LogP contribution is 2.30. The van der Waals surface area contributed by atoms with Crippen LogP contribution in [0.3, 0.4) is 0 Å². The van der Waals surface area contributed by atoms with Gasteiger partial charge in [-0.3, -0.25) is 9.59 Å². The van der Waals surface area contributed by atoms with Crippen molar-refractivity contribution in [2.24, 2.45) is 17.8 Å². The largest absolute Gasteiger partial charge is 0.481 e. The topological polar surface area (TPSA) is 87.1 Å². The van der Waals surface area contributed by atoms with E-state index < -0.39 is 11.6 Å². The number of aliphatic carboxylic acids is 1. The zero-order valence-corrected chi connectivity index (χ0v) is 32.3. The molecule has 47 heavy (non-hydrogen) atoms. The number of rotatable bonds is 35. The number of unbranched alkanes of at least 4 members (excludes halogenated alkanes) is 8. The summed E-state index contributed by atoms with van der Waals surface area (Å²) < 4.78 is 5.56. The highest BCUT2D eigenvalue weighted by atomic mass is 16.5. The van der Waals surface area contributed by atoms with Gasteiger partial charge in [0.25, 0.3) is 0 Å². The lowest BCUT2D eigenvalue weighted by atomic mass is 9.82. The molecule has 2 N–H and O–H groups in total. The van der Waals surface area contributed by atoms with Crippen LogP contribution in [0, 0.1) is 17.8 Å². The number of carbonyl (C=O) groups excluding carboxylic acids is 1. The number of carboxylic acids is 1. The van der Waals surface area contributed by atoms with Crippen molar-refractivity contribution in [2.75, 3.05) is 26.2 Å². The molecule has 0 aliphatic rings. The number of esters is 1. The average molecular weight is 668 g/mol. The van der Waals surface area contributed by atoms with Gasteiger partial charge in [-0.15, -0.1) is 0 Å². The number of carboxylic acid groups (broad SMARTS) is 1. The average Bonchev–Trinajstić information content (AvgIpc) is 3.03. The standard InChI is InChI=1S/C41H81NO5/c1-7-13-26-37(12-6)38(40(44)45)27-18-14-15-19-28-41(46,30-21-22-33-42(31-10-4)32-11-5)29-20-16-17-23-34-47-39(43)35-36(24-8-2)25-9-3/h36-38,46H,7-35H2,1-6H3,(H,44,45). The Morgan fingerprint density at radius 2 is 1.17 bits per heavy atom. The molecule has 0 aromatic heterocycles. The van der Waals surface area contributed by atoms with Crippen LogP contribution in [0.4, 0.5) is 0 Å². The zero-order chi connectivity index (χ0) is 35.2. The van der Waals surface area contributed by atoms with E-state index in [0.717, 1.165) is 161 Å². The van der Waals surface area contributed by atoms with E-state index in [1.165, 1.54) is 12.8 Å². The third-order valence-corrected chi connectivity index (χ3v) is 10.3. The van der Waals surface area contributed by atoms with Gasteiger partial charge in [0.05, 0.1) is 18.1 Å². The summed E-state index contributed by atoms with van der Waals surface area (Å²) in [4.78, 5) is 26.8. The van der Waals surface area contributed by atoms with Crippen LogP contribution in [0.2, 0.25) is 0 Å². The Labute approximate surface area is 292 Å². The summed E-state index contributed by atoms with van der Waals surface area (Å²) in [7, 11) is 0. The normalized spacial score (nSPS) is 14.4. The number of carbonyl (C=O) groups is 2. The molecular formula is C41H81NO5. The monoisotopic (exact) mass is 668 g/mol. The van der Waals surface area contributed by atoms with Crippen LogP contribution in [-0.4, -0.2) is 58.9 Å². The molecule has 6 heteroatoms. The van der Waals surface area contributed by atoms with Crippen molar-refractivity contribution in [3.05, 3.63) is 0 Å². The van der Waals surface area contributed by atoms with E-state index in [-0.39, 0.29) is 11.9 Å². The molecule has 0 aliphatic carbocycles. The number of nitrogens with zero attached hydrogens (tertiary/aromatic N) is 1. The van der Waals surface area contributed by atoms with E-state index in [0.29, 0.717) is 24.9 Å². The molecular weight excluding hydrogens is 586 g/mol. The lowest BCUT2D eigenvalue weighted by Gasteiger charge is -2.29. The number of hydrogen-bond acceptors (Lipinski definition) is 5. The van der Waals surface area contributed by atoms with E-state index in [1.807, 2.05) is 0 Å². The molecule has 0 aliphatic heterocycles. The van der Waals surface area contributed by atoms with Gasteiger partial charge in [0.2, 0.25) is 0 Å². The summed E-state index contributed by atoms with van der Waals surface area (Å²) in [6, 6.07) is 0. The number of ether oxygens (including phenoxy) is 1. The van der Waals surface area contributed by atoms with Crippen molar-refractivity contribution in [1.82, 2.24) is 4.90 Å². The van der Waals surface area contributed by atoms with Crippen LogP contribution < -0.4 is 0 Å². The summed E-state index contributed by atoms with van der Waals surface area (Å²) in [6.45, 7) is 17.1. The minimum Gasteiger partial charge on any atom is -0.481 e. The van der Waals surface area contributed by atoms with Gasteiger partial charge in [-0.25, -0.2) is 0 Å². The Kier molecular flexibility index (Phi) is 30.1. The third-order valence-electron chi connectivity index (χ3n) is 10.3. The lowest BCUT2D eigenvalue weighted by Crippen LogP contribution is -2.30. The van der Waals surface area contributed by atoms with Gasteiger partial charge in [-0.05, 0) is 95.7 Å². The van der Waals surface area contributed by atoms with Gasteiger partial charge < -0.3 is 19.8 Å². The van der Waals surface area contributed by atoms with Gasteiger partial charge in [0, 0.05) is 6.42 Å². The fourth-order valence-electron chi connectivity index (χ4n) is 7.58. The second kappa shape index (κ2) is 30.9. The molecule has 3 unspecified atom stereocenters. The number of aliphatic hydroxyl groups is 1. The summed E-state index contributed by atoms with van der Waals surface area (Å²) in [5.74, 6) is -0.125. The molecule has 280 valence electrons. The zero-order valence-electron chi connectivity index (χ0n) is 32.3. The molecule has 0 radical (unpaired) electrons. The first-order valence-corrected chi connectivity index (χ1v) is 20.5. The fraction of sp³-hybridized carbons (Fsp3) is 0.951. The van der Waals surface area contributed by atoms with Crippen molar-refractivity contribution in [2.45, 2.75) is 208 Å². The first kappa shape index (κ1) is 45.9. The van der Waals surface area contributed by atoms with E-state index in [2.05, 4.69) is 46.4 Å². The summed E-state index contributed by atoms with van der Waals surface area (Å²) in [6.07, 6.45) is 25.2. The van der Waals surface area contributed by atoms with Gasteiger partial charge >= 0.3 is 11.9 Å². The molecule has 0 amide bonds. The molecule has 0 fully saturated rings. The maximum Gasteiger partial charge on any atom is 0.306 e. The fourth-order valence-corrected chi connectivity index (χ4v) is 7.58. The quantitative estimate of drug-likeness (QED) is 0.0516. The van der Waals surface area contributed by atoms with Crippen molar-refractivity contribution in [3.8, 4) is 0 Å². The Bertz CT molecular complexity index is 719. The van der Waals surface area contributed by atoms with Crippen LogP contribution in [0.25, 0.3) is 0 Å². The van der Waals surface area contributed by atoms with Crippen LogP contribution >= 0.6 is 0 Å². The van der Waals surface area contributed by atoms with Gasteiger partial charge in [0.15, 0.2) is 0 Å². The smallest absolute Gasteiger partial charge is 0.306 e. The predicted octanol–water partition coefficient (Wildman–Crippen LogP) is 11.4. The number of hydrogen-bond donors (Lipinski definition) is 2. The molecule has 3 atom stereocenters. The second-order valence-electron chi connectivity index (χ2n) is 14.8. The SMILES string of the molecule is CCCCC(CC)C(CCCCCCC(O)(CCCCCCOC(=O)CC(CCC)CCC)CCCCN(CCC)CCC)C(=O)O. The lowest BCUT2D eigenvalue weighted by molar-refractivity contribution is -0.145. The molecule has 0 spiro atoms. The first-order valence-electron chi connectivity index (χ1n) is 20.5. The first-order chi connectivity index (χ1) is 22.7. The molecule has 6 nitrogen and oxygen atoms in total. The molecule has 0 aromatic carbocycles. The van der Waals surface area contributed by atoms with Crippen LogP contribution in [-0.2, 0) is 14.3 Å². The molecule has 0 saturated carbocycles. The maximum atomic E-state index is 12.3. The second-order valence-corrected chi connectivity index (χ2v) is 14.8. The third kappa shape index (κ3) is 24.6. The Balaban J connectivity index is 4.73. The maximum absolute atomic E-state index is 12.3. The summed E-state index contributed by atoms with van der Waals surface area (Å²) >= 11 is 0. The Morgan fingerprint density at radius 3 is 1.68 bits per heavy atom. The summed E-state index contributed by atoms with van der Waals surface area (Å²) in [5, 5.41) is 21.6. The van der Waals surface area contributed by atoms with Gasteiger partial charge in [0.1, 0.15) is 0 Å². The van der Waals surface area contributed by atoms with Crippen molar-refractivity contribution < 1.29 is 24.5 Å². The highest BCUT2D eigenvalue weighted by Gasteiger charge is 2.27. The van der Waals surface area contributed by atoms with E-state index in [9.17, 15) is 19.8 Å². The Morgan fingerprint density at radius 1 is 0.617 bits per heavy atom. The van der Waals surface area contributed by atoms with E-state index in [1.54, 1.807) is 0 Å². The van der Waals surface area contributed by atoms with Crippen molar-refractivity contribution in [1.29, 1.82) is 0 Å². The summed E-state index contributed by atoms with van der Waals surface area (Å²) in [5.41, 5.74) is -0.614. The van der Waals surface area contributed by atoms with Crippen LogP contribution in [0.15, 0.2) is 0 Å². The van der Waals surface area contributed by atoms with Gasteiger partial charge in [-0.2, -0.15) is 0 Å². The molecule has 0 heterocycles. The molecule has 0 aromatic rings. The minimum absolute atomic E-state index is 0.0390. The van der Waals surface area contributed by atoms with Crippen molar-refractivity contribution >= 4 is 11.9 Å². The Hall–Kier alpha value is -1.14. The molecule has 0 rings (SSSR count). The molecule has 0 bridgehead atoms. The van der Waals surface area contributed by atoms with Crippen LogP contribution in [0.5, 0.6) is 0 Å². The predicted molar refractivity (Wildman–Crippen MR) is 200 cm³/mol. The van der Waals surface area contributed by atoms with Crippen molar-refractivity contribution in [3.63, 3.8) is 0 Å². The molecule has 0 saturated heterocycles.